The number of carbonyl (C=O) groups excluding carboxylic acids is 2. The monoisotopic (exact) mass is 402 g/mol. The average Bonchev–Trinajstić information content (AvgIpc) is 3.06. The Labute approximate surface area is 166 Å². The van der Waals surface area contributed by atoms with Crippen molar-refractivity contribution in [3.8, 4) is 0 Å². The number of rotatable bonds is 5. The number of nitrogens with zero attached hydrogens (tertiary/aromatic N) is 4. The van der Waals surface area contributed by atoms with E-state index in [1.807, 2.05) is 0 Å². The van der Waals surface area contributed by atoms with Crippen molar-refractivity contribution < 1.29 is 19.2 Å². The fourth-order valence-electron chi connectivity index (χ4n) is 3.10. The van der Waals surface area contributed by atoms with E-state index in [0.717, 1.165) is 4.68 Å². The summed E-state index contributed by atoms with van der Waals surface area (Å²) in [7, 11) is 3.50. The van der Waals surface area contributed by atoms with Crippen LogP contribution in [0.5, 0.6) is 0 Å². The molecule has 29 heavy (non-hydrogen) atoms. The molecule has 0 radical (unpaired) electrons. The Morgan fingerprint density at radius 2 is 2.17 bits per heavy atom. The highest BCUT2D eigenvalue weighted by molar-refractivity contribution is 6.07. The number of benzene rings is 1. The summed E-state index contributed by atoms with van der Waals surface area (Å²) in [6.45, 7) is 2.95. The van der Waals surface area contributed by atoms with Crippen LogP contribution < -0.4 is 15.5 Å². The Kier molecular flexibility index (Phi) is 5.78. The molecule has 0 bridgehead atoms. The van der Waals surface area contributed by atoms with Crippen LogP contribution in [0.4, 0.5) is 22.0 Å². The molecule has 1 aliphatic rings. The number of ether oxygens (including phenoxy) is 1. The number of nitrogens with one attached hydrogen (secondary N) is 2. The molecule has 1 amide bonds. The van der Waals surface area contributed by atoms with Gasteiger partial charge in [-0.2, -0.15) is 4.68 Å². The summed E-state index contributed by atoms with van der Waals surface area (Å²) in [5.41, 5.74) is 1.50. The third-order valence-corrected chi connectivity index (χ3v) is 4.54. The molecule has 0 spiro atoms. The van der Waals surface area contributed by atoms with Crippen LogP contribution in [0.15, 0.2) is 18.2 Å². The van der Waals surface area contributed by atoms with Crippen LogP contribution in [0.2, 0.25) is 0 Å². The van der Waals surface area contributed by atoms with Crippen LogP contribution in [0.25, 0.3) is 0 Å². The highest BCUT2D eigenvalue weighted by Gasteiger charge is 2.28. The van der Waals surface area contributed by atoms with Crippen molar-refractivity contribution in [1.82, 2.24) is 15.1 Å². The van der Waals surface area contributed by atoms with Crippen molar-refractivity contribution in [2.75, 3.05) is 37.5 Å². The normalized spacial score (nSPS) is 12.8. The summed E-state index contributed by atoms with van der Waals surface area (Å²) in [6.07, 6.45) is -0.0956. The molecular weight excluding hydrogens is 380 g/mol. The van der Waals surface area contributed by atoms with Gasteiger partial charge in [0.05, 0.1) is 17.2 Å². The van der Waals surface area contributed by atoms with Gasteiger partial charge in [0, 0.05) is 50.9 Å². The number of hydrogen-bond donors (Lipinski definition) is 2. The summed E-state index contributed by atoms with van der Waals surface area (Å²) in [4.78, 5) is 37.6. The average molecular weight is 402 g/mol. The summed E-state index contributed by atoms with van der Waals surface area (Å²) in [6, 6.07) is 4.36. The van der Waals surface area contributed by atoms with E-state index in [-0.39, 0.29) is 23.7 Å². The molecule has 0 saturated heterocycles. The minimum absolute atomic E-state index is 0.0937. The SMILES string of the molecule is CCOC(=O)n1nc(NC(=O)c2ccc(N(C)C)cc2[N+](=O)[O-])c2c1CCNC2. The molecule has 3 rings (SSSR count). The maximum Gasteiger partial charge on any atom is 0.434 e. The number of hydrogen-bond acceptors (Lipinski definition) is 8. The van der Waals surface area contributed by atoms with Crippen molar-refractivity contribution >= 4 is 29.2 Å². The third-order valence-electron chi connectivity index (χ3n) is 4.54. The molecule has 154 valence electrons. The molecule has 0 atom stereocenters. The first-order valence-corrected chi connectivity index (χ1v) is 9.09. The van der Waals surface area contributed by atoms with Gasteiger partial charge in [-0.3, -0.25) is 14.9 Å². The minimum atomic E-state index is -0.677. The zero-order chi connectivity index (χ0) is 21.1. The zero-order valence-electron chi connectivity index (χ0n) is 16.4. The molecule has 2 aromatic rings. The predicted octanol–water partition coefficient (Wildman–Crippen LogP) is 1.76. The molecule has 1 aromatic heterocycles. The smallest absolute Gasteiger partial charge is 0.434 e. The van der Waals surface area contributed by atoms with Gasteiger partial charge in [0.1, 0.15) is 5.56 Å². The lowest BCUT2D eigenvalue weighted by atomic mass is 10.1. The first kappa shape index (κ1) is 20.3. The van der Waals surface area contributed by atoms with E-state index < -0.39 is 16.9 Å². The number of amides is 1. The van der Waals surface area contributed by atoms with Crippen LogP contribution in [0.3, 0.4) is 0 Å². The fourth-order valence-corrected chi connectivity index (χ4v) is 3.10. The van der Waals surface area contributed by atoms with Crippen LogP contribution in [-0.2, 0) is 17.7 Å². The second-order valence-electron chi connectivity index (χ2n) is 6.62. The van der Waals surface area contributed by atoms with Gasteiger partial charge in [0.25, 0.3) is 11.6 Å². The van der Waals surface area contributed by atoms with Crippen molar-refractivity contribution in [2.24, 2.45) is 0 Å². The van der Waals surface area contributed by atoms with Crippen molar-refractivity contribution in [2.45, 2.75) is 19.9 Å². The molecule has 1 aliphatic heterocycles. The second kappa shape index (κ2) is 8.27. The Morgan fingerprint density at radius 1 is 1.41 bits per heavy atom. The quantitative estimate of drug-likeness (QED) is 0.571. The minimum Gasteiger partial charge on any atom is -0.448 e. The Balaban J connectivity index is 1.95. The van der Waals surface area contributed by atoms with E-state index in [4.69, 9.17) is 4.74 Å². The maximum atomic E-state index is 12.8. The fraction of sp³-hybridized carbons (Fsp3) is 0.389. The lowest BCUT2D eigenvalue weighted by Gasteiger charge is -2.15. The molecule has 0 unspecified atom stereocenters. The highest BCUT2D eigenvalue weighted by atomic mass is 16.6. The van der Waals surface area contributed by atoms with E-state index in [0.29, 0.717) is 36.5 Å². The van der Waals surface area contributed by atoms with Crippen molar-refractivity contribution in [1.29, 1.82) is 0 Å². The molecule has 2 N–H and O–H groups in total. The molecule has 1 aromatic carbocycles. The lowest BCUT2D eigenvalue weighted by molar-refractivity contribution is -0.385. The second-order valence-corrected chi connectivity index (χ2v) is 6.62. The predicted molar refractivity (Wildman–Crippen MR) is 105 cm³/mol. The van der Waals surface area contributed by atoms with Gasteiger partial charge < -0.3 is 20.3 Å². The van der Waals surface area contributed by atoms with Crippen LogP contribution in [0, 0.1) is 10.1 Å². The van der Waals surface area contributed by atoms with Gasteiger partial charge in [0.15, 0.2) is 5.82 Å². The number of aromatic nitrogens is 2. The topological polar surface area (TPSA) is 132 Å². The molecule has 11 heteroatoms. The van der Waals surface area contributed by atoms with Gasteiger partial charge in [0.2, 0.25) is 0 Å². The van der Waals surface area contributed by atoms with Crippen molar-refractivity contribution in [3.05, 3.63) is 45.1 Å². The summed E-state index contributed by atoms with van der Waals surface area (Å²) >= 11 is 0. The van der Waals surface area contributed by atoms with Gasteiger partial charge in [-0.25, -0.2) is 4.79 Å². The first-order chi connectivity index (χ1) is 13.8. The number of carbonyl (C=O) groups is 2. The molecule has 2 heterocycles. The summed E-state index contributed by atoms with van der Waals surface area (Å²) in [5.74, 6) is -0.500. The highest BCUT2D eigenvalue weighted by Crippen LogP contribution is 2.27. The van der Waals surface area contributed by atoms with E-state index >= 15 is 0 Å². The molecule has 0 saturated carbocycles. The van der Waals surface area contributed by atoms with Gasteiger partial charge in [-0.1, -0.05) is 0 Å². The van der Waals surface area contributed by atoms with Gasteiger partial charge in [-0.15, -0.1) is 5.10 Å². The first-order valence-electron chi connectivity index (χ1n) is 9.09. The third kappa shape index (κ3) is 4.04. The standard InChI is InChI=1S/C18H22N6O5/c1-4-29-18(26)23-14-7-8-19-10-13(14)16(21-23)20-17(25)12-6-5-11(22(2)3)9-15(12)24(27)28/h5-6,9,19H,4,7-8,10H2,1-3H3,(H,20,21,25). The van der Waals surface area contributed by atoms with E-state index in [9.17, 15) is 19.7 Å². The van der Waals surface area contributed by atoms with E-state index in [2.05, 4.69) is 15.7 Å². The number of anilines is 2. The van der Waals surface area contributed by atoms with Crippen LogP contribution in [0.1, 0.15) is 28.5 Å². The number of nitro benzene ring substituents is 1. The van der Waals surface area contributed by atoms with Crippen molar-refractivity contribution in [3.63, 3.8) is 0 Å². The zero-order valence-corrected chi connectivity index (χ0v) is 16.4. The number of nitro groups is 1. The van der Waals surface area contributed by atoms with Crippen LogP contribution >= 0.6 is 0 Å². The van der Waals surface area contributed by atoms with Gasteiger partial charge in [-0.05, 0) is 19.1 Å². The van der Waals surface area contributed by atoms with Gasteiger partial charge >= 0.3 is 6.09 Å². The molecule has 0 aliphatic carbocycles. The Hall–Kier alpha value is -3.47. The Bertz CT molecular complexity index is 968. The lowest BCUT2D eigenvalue weighted by Crippen LogP contribution is -2.27. The van der Waals surface area contributed by atoms with Crippen LogP contribution in [-0.4, -0.2) is 54.0 Å². The summed E-state index contributed by atoms with van der Waals surface area (Å²) in [5, 5.41) is 21.4. The molecule has 11 nitrogen and oxygen atoms in total. The van der Waals surface area contributed by atoms with E-state index in [1.54, 1.807) is 32.0 Å². The summed E-state index contributed by atoms with van der Waals surface area (Å²) < 4.78 is 6.16. The van der Waals surface area contributed by atoms with E-state index in [1.165, 1.54) is 12.1 Å². The largest absolute Gasteiger partial charge is 0.448 e. The maximum absolute atomic E-state index is 12.8. The number of fused-ring (bicyclic) bond motifs is 1. The molecule has 0 fully saturated rings. The Morgan fingerprint density at radius 3 is 2.83 bits per heavy atom. The molecular formula is C18H22N6O5.